The molecule has 0 radical (unpaired) electrons. The second-order valence-electron chi connectivity index (χ2n) is 3.27. The molecule has 2 rings (SSSR count). The van der Waals surface area contributed by atoms with E-state index in [0.29, 0.717) is 16.3 Å². The number of nitriles is 1. The van der Waals surface area contributed by atoms with Crippen molar-refractivity contribution in [2.45, 2.75) is 9.79 Å². The number of rotatable bonds is 2. The van der Waals surface area contributed by atoms with Crippen molar-refractivity contribution in [3.63, 3.8) is 0 Å². The standard InChI is InChI=1S/C12H8ClN3S/c13-9-5-8(6-14)1-2-11(9)17-12-3-4-16-7-10(12)15/h1-5,7H,15H2. The van der Waals surface area contributed by atoms with Crippen molar-refractivity contribution < 1.29 is 0 Å². The normalized spacial score (nSPS) is 9.88. The summed E-state index contributed by atoms with van der Waals surface area (Å²) < 4.78 is 0. The maximum Gasteiger partial charge on any atom is 0.0992 e. The summed E-state index contributed by atoms with van der Waals surface area (Å²) >= 11 is 7.54. The summed E-state index contributed by atoms with van der Waals surface area (Å²) in [5.41, 5.74) is 6.95. The van der Waals surface area contributed by atoms with E-state index in [1.165, 1.54) is 11.8 Å². The smallest absolute Gasteiger partial charge is 0.0992 e. The van der Waals surface area contributed by atoms with Gasteiger partial charge in [0.2, 0.25) is 0 Å². The van der Waals surface area contributed by atoms with Crippen LogP contribution in [0.2, 0.25) is 5.02 Å². The Morgan fingerprint density at radius 1 is 1.29 bits per heavy atom. The lowest BCUT2D eigenvalue weighted by molar-refractivity contribution is 1.26. The summed E-state index contributed by atoms with van der Waals surface area (Å²) in [5, 5.41) is 9.29. The van der Waals surface area contributed by atoms with Crippen LogP contribution >= 0.6 is 23.4 Å². The summed E-state index contributed by atoms with van der Waals surface area (Å²) in [7, 11) is 0. The molecule has 0 aliphatic rings. The molecule has 0 amide bonds. The van der Waals surface area contributed by atoms with E-state index in [-0.39, 0.29) is 0 Å². The van der Waals surface area contributed by atoms with Crippen molar-refractivity contribution in [1.29, 1.82) is 5.26 Å². The number of nitrogens with zero attached hydrogens (tertiary/aromatic N) is 2. The first-order chi connectivity index (χ1) is 8.20. The predicted octanol–water partition coefficient (Wildman–Crippen LogP) is 3.34. The van der Waals surface area contributed by atoms with Crippen LogP contribution < -0.4 is 5.73 Å². The van der Waals surface area contributed by atoms with Crippen molar-refractivity contribution in [1.82, 2.24) is 4.98 Å². The minimum atomic E-state index is 0.544. The molecule has 0 fully saturated rings. The molecule has 0 spiro atoms. The molecule has 84 valence electrons. The van der Waals surface area contributed by atoms with Crippen LogP contribution in [0.5, 0.6) is 0 Å². The van der Waals surface area contributed by atoms with E-state index in [9.17, 15) is 0 Å². The lowest BCUT2D eigenvalue weighted by atomic mass is 10.2. The SMILES string of the molecule is N#Cc1ccc(Sc2ccncc2N)c(Cl)c1. The van der Waals surface area contributed by atoms with Gasteiger partial charge in [-0.1, -0.05) is 23.4 Å². The van der Waals surface area contributed by atoms with Gasteiger partial charge in [0.15, 0.2) is 0 Å². The highest BCUT2D eigenvalue weighted by Crippen LogP contribution is 2.35. The zero-order chi connectivity index (χ0) is 12.3. The highest BCUT2D eigenvalue weighted by atomic mass is 35.5. The summed E-state index contributed by atoms with van der Waals surface area (Å²) in [6.45, 7) is 0. The van der Waals surface area contributed by atoms with Gasteiger partial charge in [-0.25, -0.2) is 0 Å². The number of aromatic nitrogens is 1. The Kier molecular flexibility index (Phi) is 3.52. The molecular weight excluding hydrogens is 254 g/mol. The van der Waals surface area contributed by atoms with E-state index in [1.54, 1.807) is 24.5 Å². The molecule has 0 atom stereocenters. The Labute approximate surface area is 108 Å². The first-order valence-electron chi connectivity index (χ1n) is 4.77. The van der Waals surface area contributed by atoms with Gasteiger partial charge in [-0.15, -0.1) is 0 Å². The molecule has 1 aromatic heterocycles. The van der Waals surface area contributed by atoms with E-state index in [0.717, 1.165) is 9.79 Å². The lowest BCUT2D eigenvalue weighted by Gasteiger charge is -2.06. The number of hydrogen-bond acceptors (Lipinski definition) is 4. The minimum absolute atomic E-state index is 0.544. The van der Waals surface area contributed by atoms with E-state index >= 15 is 0 Å². The lowest BCUT2D eigenvalue weighted by Crippen LogP contribution is -1.89. The number of nitrogens with two attached hydrogens (primary N) is 1. The third-order valence-electron chi connectivity index (χ3n) is 2.09. The second kappa shape index (κ2) is 5.09. The van der Waals surface area contributed by atoms with Gasteiger partial charge in [-0.2, -0.15) is 5.26 Å². The number of halogens is 1. The van der Waals surface area contributed by atoms with Crippen LogP contribution in [0.25, 0.3) is 0 Å². The monoisotopic (exact) mass is 261 g/mol. The summed E-state index contributed by atoms with van der Waals surface area (Å²) in [5.74, 6) is 0. The summed E-state index contributed by atoms with van der Waals surface area (Å²) in [4.78, 5) is 5.68. The molecule has 17 heavy (non-hydrogen) atoms. The highest BCUT2D eigenvalue weighted by Gasteiger charge is 2.06. The molecule has 1 aromatic carbocycles. The van der Waals surface area contributed by atoms with Crippen molar-refractivity contribution in [2.24, 2.45) is 0 Å². The molecule has 0 aliphatic carbocycles. The molecule has 0 unspecified atom stereocenters. The summed E-state index contributed by atoms with van der Waals surface area (Å²) in [6, 6.07) is 9.05. The molecule has 0 saturated heterocycles. The summed E-state index contributed by atoms with van der Waals surface area (Å²) in [6.07, 6.45) is 3.27. The van der Waals surface area contributed by atoms with Crippen LogP contribution in [-0.2, 0) is 0 Å². The predicted molar refractivity (Wildman–Crippen MR) is 68.9 cm³/mol. The van der Waals surface area contributed by atoms with E-state index < -0.39 is 0 Å². The van der Waals surface area contributed by atoms with Crippen molar-refractivity contribution >= 4 is 29.1 Å². The fourth-order valence-electron chi connectivity index (χ4n) is 1.26. The fourth-order valence-corrected chi connectivity index (χ4v) is 2.38. The number of pyridine rings is 1. The molecule has 1 heterocycles. The number of nitrogen functional groups attached to an aromatic ring is 1. The largest absolute Gasteiger partial charge is 0.397 e. The Balaban J connectivity index is 2.32. The Morgan fingerprint density at radius 2 is 2.12 bits per heavy atom. The van der Waals surface area contributed by atoms with Crippen LogP contribution in [0.1, 0.15) is 5.56 Å². The van der Waals surface area contributed by atoms with Gasteiger partial charge in [-0.3, -0.25) is 4.98 Å². The first-order valence-corrected chi connectivity index (χ1v) is 5.97. The number of hydrogen-bond donors (Lipinski definition) is 1. The minimum Gasteiger partial charge on any atom is -0.397 e. The number of benzene rings is 1. The molecule has 0 bridgehead atoms. The number of anilines is 1. The third kappa shape index (κ3) is 2.70. The molecule has 2 aromatic rings. The molecule has 0 aliphatic heterocycles. The van der Waals surface area contributed by atoms with Crippen molar-refractivity contribution in [3.8, 4) is 6.07 Å². The Hall–Kier alpha value is -1.70. The second-order valence-corrected chi connectivity index (χ2v) is 4.76. The maximum absolute atomic E-state index is 8.74. The quantitative estimate of drug-likeness (QED) is 0.901. The zero-order valence-corrected chi connectivity index (χ0v) is 10.3. The Morgan fingerprint density at radius 3 is 2.76 bits per heavy atom. The highest BCUT2D eigenvalue weighted by molar-refractivity contribution is 7.99. The van der Waals surface area contributed by atoms with Gasteiger partial charge in [0.05, 0.1) is 28.5 Å². The van der Waals surface area contributed by atoms with Gasteiger partial charge in [0, 0.05) is 16.0 Å². The van der Waals surface area contributed by atoms with E-state index in [2.05, 4.69) is 4.98 Å². The van der Waals surface area contributed by atoms with E-state index in [4.69, 9.17) is 22.6 Å². The Bertz CT molecular complexity index is 593. The van der Waals surface area contributed by atoms with Crippen LogP contribution in [0.4, 0.5) is 5.69 Å². The molecular formula is C12H8ClN3S. The van der Waals surface area contributed by atoms with Gasteiger partial charge >= 0.3 is 0 Å². The zero-order valence-electron chi connectivity index (χ0n) is 8.72. The third-order valence-corrected chi connectivity index (χ3v) is 3.68. The van der Waals surface area contributed by atoms with Crippen LogP contribution in [0.15, 0.2) is 46.5 Å². The van der Waals surface area contributed by atoms with Crippen molar-refractivity contribution in [2.75, 3.05) is 5.73 Å². The van der Waals surface area contributed by atoms with Crippen LogP contribution in [0, 0.1) is 11.3 Å². The molecule has 0 saturated carbocycles. The van der Waals surface area contributed by atoms with Gasteiger partial charge < -0.3 is 5.73 Å². The van der Waals surface area contributed by atoms with Gasteiger partial charge in [-0.05, 0) is 24.3 Å². The van der Waals surface area contributed by atoms with Crippen LogP contribution in [-0.4, -0.2) is 4.98 Å². The van der Waals surface area contributed by atoms with Gasteiger partial charge in [0.25, 0.3) is 0 Å². The fraction of sp³-hybridized carbons (Fsp3) is 0. The first kappa shape index (κ1) is 11.8. The van der Waals surface area contributed by atoms with Crippen LogP contribution in [0.3, 0.4) is 0 Å². The average molecular weight is 262 g/mol. The van der Waals surface area contributed by atoms with Crippen molar-refractivity contribution in [3.05, 3.63) is 47.2 Å². The maximum atomic E-state index is 8.74. The molecule has 3 nitrogen and oxygen atoms in total. The topological polar surface area (TPSA) is 62.7 Å². The van der Waals surface area contributed by atoms with E-state index in [1.807, 2.05) is 18.2 Å². The average Bonchev–Trinajstić information content (AvgIpc) is 2.34. The van der Waals surface area contributed by atoms with Gasteiger partial charge in [0.1, 0.15) is 0 Å². The molecule has 5 heteroatoms. The molecule has 2 N–H and O–H groups in total.